The largest absolute Gasteiger partial charge is 0.341 e. The molecule has 2 aromatic rings. The van der Waals surface area contributed by atoms with Crippen LogP contribution in [0.2, 0.25) is 0 Å². The predicted octanol–water partition coefficient (Wildman–Crippen LogP) is 1.20. The van der Waals surface area contributed by atoms with Gasteiger partial charge in [-0.25, -0.2) is 4.98 Å². The Labute approximate surface area is 134 Å². The van der Waals surface area contributed by atoms with Crippen LogP contribution in [0, 0.1) is 0 Å². The third kappa shape index (κ3) is 3.76. The summed E-state index contributed by atoms with van der Waals surface area (Å²) in [5.41, 5.74) is 7.65. The lowest BCUT2D eigenvalue weighted by Gasteiger charge is -2.22. The minimum Gasteiger partial charge on any atom is -0.341 e. The van der Waals surface area contributed by atoms with E-state index in [1.165, 1.54) is 0 Å². The Bertz CT molecular complexity index is 756. The number of fused-ring (bicyclic) bond motifs is 1. The lowest BCUT2D eigenvalue weighted by molar-refractivity contribution is -0.131. The molecule has 122 valence electrons. The second-order valence-corrected chi connectivity index (χ2v) is 6.13. The molecule has 0 radical (unpaired) electrons. The molecule has 1 saturated heterocycles. The van der Waals surface area contributed by atoms with E-state index < -0.39 is 0 Å². The highest BCUT2D eigenvalue weighted by molar-refractivity contribution is 5.77. The van der Waals surface area contributed by atoms with E-state index in [4.69, 9.17) is 5.73 Å². The number of rotatable bonds is 3. The number of nitrogens with zero attached hydrogens (tertiary/aromatic N) is 2. The lowest BCUT2D eigenvalue weighted by Crippen LogP contribution is -2.40. The number of nitrogens with two attached hydrogens (primary N) is 1. The molecule has 3 rings (SSSR count). The number of carbonyl (C=O) groups is 1. The number of likely N-dealkylation sites (tertiary alicyclic amines) is 1. The van der Waals surface area contributed by atoms with Gasteiger partial charge in [0.15, 0.2) is 0 Å². The average Bonchev–Trinajstić information content (AvgIpc) is 2.77. The van der Waals surface area contributed by atoms with E-state index in [-0.39, 0.29) is 17.5 Å². The van der Waals surface area contributed by atoms with Crippen molar-refractivity contribution in [3.8, 4) is 0 Å². The molecule has 1 atom stereocenters. The highest BCUT2D eigenvalue weighted by atomic mass is 16.2. The van der Waals surface area contributed by atoms with Gasteiger partial charge in [0.2, 0.25) is 5.91 Å². The third-order valence-electron chi connectivity index (χ3n) is 4.31. The number of hydrogen-bond donors (Lipinski definition) is 2. The molecule has 0 bridgehead atoms. The Morgan fingerprint density at radius 3 is 3.04 bits per heavy atom. The summed E-state index contributed by atoms with van der Waals surface area (Å²) in [6, 6.07) is 7.46. The van der Waals surface area contributed by atoms with Crippen LogP contribution in [0.4, 0.5) is 0 Å². The SMILES string of the molecule is N[C@@H]1CCCCN(C(=O)CCc2nc3ccccc3[nH]c2=O)C1. The average molecular weight is 314 g/mol. The number of amides is 1. The molecule has 2 heterocycles. The molecule has 1 aliphatic rings. The third-order valence-corrected chi connectivity index (χ3v) is 4.31. The fourth-order valence-corrected chi connectivity index (χ4v) is 3.02. The summed E-state index contributed by atoms with van der Waals surface area (Å²) in [5.74, 6) is 0.0525. The Morgan fingerprint density at radius 1 is 1.35 bits per heavy atom. The highest BCUT2D eigenvalue weighted by Crippen LogP contribution is 2.12. The van der Waals surface area contributed by atoms with E-state index in [0.717, 1.165) is 31.3 Å². The zero-order chi connectivity index (χ0) is 16.2. The fourth-order valence-electron chi connectivity index (χ4n) is 3.02. The van der Waals surface area contributed by atoms with Gasteiger partial charge in [0.25, 0.3) is 5.56 Å². The molecule has 1 aliphatic heterocycles. The van der Waals surface area contributed by atoms with Crippen LogP contribution in [0.15, 0.2) is 29.1 Å². The van der Waals surface area contributed by atoms with Crippen LogP contribution in [0.1, 0.15) is 31.4 Å². The van der Waals surface area contributed by atoms with Crippen molar-refractivity contribution >= 4 is 16.9 Å². The maximum Gasteiger partial charge on any atom is 0.270 e. The fraction of sp³-hybridized carbons (Fsp3) is 0.471. The molecular weight excluding hydrogens is 292 g/mol. The van der Waals surface area contributed by atoms with E-state index >= 15 is 0 Å². The van der Waals surface area contributed by atoms with Crippen molar-refractivity contribution in [3.63, 3.8) is 0 Å². The van der Waals surface area contributed by atoms with E-state index in [1.807, 2.05) is 29.2 Å². The summed E-state index contributed by atoms with van der Waals surface area (Å²) in [4.78, 5) is 33.5. The van der Waals surface area contributed by atoms with Crippen molar-refractivity contribution in [1.82, 2.24) is 14.9 Å². The van der Waals surface area contributed by atoms with Gasteiger partial charge in [-0.15, -0.1) is 0 Å². The maximum atomic E-state index is 12.4. The smallest absolute Gasteiger partial charge is 0.270 e. The van der Waals surface area contributed by atoms with Crippen LogP contribution in [-0.2, 0) is 11.2 Å². The van der Waals surface area contributed by atoms with E-state index in [0.29, 0.717) is 30.6 Å². The van der Waals surface area contributed by atoms with Crippen LogP contribution in [0.3, 0.4) is 0 Å². The number of benzene rings is 1. The zero-order valence-electron chi connectivity index (χ0n) is 13.1. The Hall–Kier alpha value is -2.21. The molecule has 1 aromatic heterocycles. The topological polar surface area (TPSA) is 92.1 Å². The van der Waals surface area contributed by atoms with Crippen LogP contribution < -0.4 is 11.3 Å². The molecular formula is C17H22N4O2. The molecule has 1 fully saturated rings. The first-order valence-corrected chi connectivity index (χ1v) is 8.15. The Balaban J connectivity index is 1.69. The van der Waals surface area contributed by atoms with Gasteiger partial charge in [0.1, 0.15) is 5.69 Å². The number of para-hydroxylation sites is 2. The quantitative estimate of drug-likeness (QED) is 0.890. The molecule has 0 aliphatic carbocycles. The van der Waals surface area contributed by atoms with E-state index in [9.17, 15) is 9.59 Å². The van der Waals surface area contributed by atoms with Crippen molar-refractivity contribution in [2.75, 3.05) is 13.1 Å². The summed E-state index contributed by atoms with van der Waals surface area (Å²) in [6.07, 6.45) is 3.67. The van der Waals surface area contributed by atoms with Gasteiger partial charge < -0.3 is 15.6 Å². The summed E-state index contributed by atoms with van der Waals surface area (Å²) in [6.45, 7) is 1.37. The minimum absolute atomic E-state index is 0.0525. The van der Waals surface area contributed by atoms with Crippen LogP contribution >= 0.6 is 0 Å². The summed E-state index contributed by atoms with van der Waals surface area (Å²) in [5, 5.41) is 0. The first-order valence-electron chi connectivity index (χ1n) is 8.15. The van der Waals surface area contributed by atoms with Gasteiger partial charge in [-0.3, -0.25) is 9.59 Å². The van der Waals surface area contributed by atoms with Gasteiger partial charge in [-0.1, -0.05) is 18.6 Å². The van der Waals surface area contributed by atoms with Crippen molar-refractivity contribution in [2.24, 2.45) is 5.73 Å². The van der Waals surface area contributed by atoms with Gasteiger partial charge >= 0.3 is 0 Å². The van der Waals surface area contributed by atoms with Crippen LogP contribution in [0.5, 0.6) is 0 Å². The standard InChI is InChI=1S/C17H22N4O2/c18-12-5-3-4-10-21(11-12)16(22)9-8-15-17(23)20-14-7-2-1-6-13(14)19-15/h1-2,6-7,12H,3-5,8-11,18H2,(H,20,23)/t12-/m1/s1. The van der Waals surface area contributed by atoms with Crippen molar-refractivity contribution in [1.29, 1.82) is 0 Å². The van der Waals surface area contributed by atoms with Gasteiger partial charge in [-0.05, 0) is 25.0 Å². The molecule has 0 saturated carbocycles. The first kappa shape index (κ1) is 15.7. The molecule has 0 unspecified atom stereocenters. The Morgan fingerprint density at radius 2 is 2.17 bits per heavy atom. The normalized spacial score (nSPS) is 18.8. The number of H-pyrrole nitrogens is 1. The number of nitrogens with one attached hydrogen (secondary N) is 1. The number of aromatic amines is 1. The maximum absolute atomic E-state index is 12.4. The van der Waals surface area contributed by atoms with E-state index in [2.05, 4.69) is 9.97 Å². The second kappa shape index (κ2) is 6.91. The molecule has 6 nitrogen and oxygen atoms in total. The highest BCUT2D eigenvalue weighted by Gasteiger charge is 2.20. The summed E-state index contributed by atoms with van der Waals surface area (Å²) < 4.78 is 0. The van der Waals surface area contributed by atoms with Gasteiger partial charge in [0.05, 0.1) is 11.0 Å². The van der Waals surface area contributed by atoms with E-state index in [1.54, 1.807) is 0 Å². The number of carbonyl (C=O) groups excluding carboxylic acids is 1. The summed E-state index contributed by atoms with van der Waals surface area (Å²) >= 11 is 0. The lowest BCUT2D eigenvalue weighted by atomic mass is 10.1. The van der Waals surface area contributed by atoms with Gasteiger partial charge in [0, 0.05) is 32.0 Å². The molecule has 6 heteroatoms. The summed E-state index contributed by atoms with van der Waals surface area (Å²) in [7, 11) is 0. The van der Waals surface area contributed by atoms with Crippen molar-refractivity contribution < 1.29 is 4.79 Å². The zero-order valence-corrected chi connectivity index (χ0v) is 13.1. The molecule has 0 spiro atoms. The van der Waals surface area contributed by atoms with Crippen LogP contribution in [-0.4, -0.2) is 39.9 Å². The molecule has 3 N–H and O–H groups in total. The first-order chi connectivity index (χ1) is 11.1. The molecule has 23 heavy (non-hydrogen) atoms. The second-order valence-electron chi connectivity index (χ2n) is 6.13. The minimum atomic E-state index is -0.218. The van der Waals surface area contributed by atoms with Crippen LogP contribution in [0.25, 0.3) is 11.0 Å². The monoisotopic (exact) mass is 314 g/mol. The Kier molecular flexibility index (Phi) is 4.71. The van der Waals surface area contributed by atoms with Crippen molar-refractivity contribution in [3.05, 3.63) is 40.3 Å². The number of hydrogen-bond acceptors (Lipinski definition) is 4. The number of aromatic nitrogens is 2. The molecule has 1 aromatic carbocycles. The van der Waals surface area contributed by atoms with Gasteiger partial charge in [-0.2, -0.15) is 0 Å². The predicted molar refractivity (Wildman–Crippen MR) is 89.1 cm³/mol. The molecule has 1 amide bonds. The number of aryl methyl sites for hydroxylation is 1. The van der Waals surface area contributed by atoms with Crippen molar-refractivity contribution in [2.45, 2.75) is 38.1 Å².